The lowest BCUT2D eigenvalue weighted by Gasteiger charge is -2.12. The van der Waals surface area contributed by atoms with Gasteiger partial charge in [0.1, 0.15) is 5.75 Å². The molecule has 0 atom stereocenters. The number of rotatable bonds is 7. The third-order valence-electron chi connectivity index (χ3n) is 3.90. The average molecular weight is 436 g/mol. The van der Waals surface area contributed by atoms with Crippen LogP contribution in [0.15, 0.2) is 53.9 Å². The third kappa shape index (κ3) is 6.38. The molecule has 1 aromatic heterocycles. The molecule has 3 aromatic rings. The highest BCUT2D eigenvalue weighted by atomic mass is 32.1. The Bertz CT molecular complexity index is 987. The van der Waals surface area contributed by atoms with Crippen molar-refractivity contribution >= 4 is 39.4 Å². The van der Waals surface area contributed by atoms with Crippen molar-refractivity contribution in [3.05, 3.63) is 59.6 Å². The summed E-state index contributed by atoms with van der Waals surface area (Å²) >= 11 is 1.29. The van der Waals surface area contributed by atoms with Gasteiger partial charge < -0.3 is 20.3 Å². The molecule has 2 N–H and O–H groups in total. The van der Waals surface area contributed by atoms with E-state index in [9.17, 15) is 18.0 Å². The number of hydrogen-bond acceptors (Lipinski definition) is 6. The molecular formula is C20H19F3N4O2S. The molecule has 1 heterocycles. The summed E-state index contributed by atoms with van der Waals surface area (Å²) in [4.78, 5) is 18.5. The van der Waals surface area contributed by atoms with Crippen molar-refractivity contribution in [1.29, 1.82) is 0 Å². The van der Waals surface area contributed by atoms with Gasteiger partial charge in [0.15, 0.2) is 5.13 Å². The highest BCUT2D eigenvalue weighted by Crippen LogP contribution is 2.26. The summed E-state index contributed by atoms with van der Waals surface area (Å²) in [5.41, 5.74) is 2.86. The molecule has 2 aromatic carbocycles. The average Bonchev–Trinajstić information content (AvgIpc) is 3.09. The Morgan fingerprint density at radius 3 is 2.30 bits per heavy atom. The molecule has 0 fully saturated rings. The van der Waals surface area contributed by atoms with E-state index in [-0.39, 0.29) is 18.1 Å². The van der Waals surface area contributed by atoms with E-state index in [2.05, 4.69) is 20.4 Å². The molecule has 0 unspecified atom stereocenters. The number of carbonyl (C=O) groups excluding carboxylic acids is 1. The molecular weight excluding hydrogens is 417 g/mol. The number of nitrogens with one attached hydrogen (secondary N) is 2. The van der Waals surface area contributed by atoms with Crippen LogP contribution < -0.4 is 20.3 Å². The minimum absolute atomic E-state index is 0.103. The van der Waals surface area contributed by atoms with Gasteiger partial charge in [0, 0.05) is 36.5 Å². The van der Waals surface area contributed by atoms with Gasteiger partial charge in [-0.3, -0.25) is 4.79 Å². The maximum atomic E-state index is 12.2. The summed E-state index contributed by atoms with van der Waals surface area (Å²) in [5.74, 6) is -0.499. The van der Waals surface area contributed by atoms with E-state index in [0.717, 1.165) is 5.69 Å². The van der Waals surface area contributed by atoms with Gasteiger partial charge in [-0.15, -0.1) is 24.5 Å². The molecule has 0 aliphatic rings. The number of ether oxygens (including phenoxy) is 1. The quantitative estimate of drug-likeness (QED) is 0.544. The van der Waals surface area contributed by atoms with E-state index in [1.165, 1.54) is 35.6 Å². The molecule has 0 saturated carbocycles. The first-order valence-electron chi connectivity index (χ1n) is 8.82. The Morgan fingerprint density at radius 1 is 1.07 bits per heavy atom. The Labute approximate surface area is 175 Å². The molecule has 0 saturated heterocycles. The molecule has 30 heavy (non-hydrogen) atoms. The Kier molecular flexibility index (Phi) is 6.46. The van der Waals surface area contributed by atoms with Crippen molar-refractivity contribution < 1.29 is 22.7 Å². The van der Waals surface area contributed by atoms with Crippen LogP contribution in [0.1, 0.15) is 5.69 Å². The molecule has 0 spiro atoms. The van der Waals surface area contributed by atoms with Crippen LogP contribution in [-0.2, 0) is 11.2 Å². The maximum Gasteiger partial charge on any atom is 0.573 e. The van der Waals surface area contributed by atoms with E-state index in [1.54, 1.807) is 5.38 Å². The molecule has 0 bridgehead atoms. The predicted molar refractivity (Wildman–Crippen MR) is 112 cm³/mol. The summed E-state index contributed by atoms with van der Waals surface area (Å²) in [6, 6.07) is 12.8. The van der Waals surface area contributed by atoms with Crippen molar-refractivity contribution in [1.82, 2.24) is 4.98 Å². The van der Waals surface area contributed by atoms with Gasteiger partial charge in [-0.25, -0.2) is 4.98 Å². The summed E-state index contributed by atoms with van der Waals surface area (Å²) < 4.78 is 40.4. The largest absolute Gasteiger partial charge is 0.573 e. The zero-order valence-electron chi connectivity index (χ0n) is 16.2. The minimum Gasteiger partial charge on any atom is -0.406 e. The van der Waals surface area contributed by atoms with Crippen LogP contribution in [0.2, 0.25) is 0 Å². The number of amides is 1. The van der Waals surface area contributed by atoms with Gasteiger partial charge in [0.2, 0.25) is 5.91 Å². The second-order valence-corrected chi connectivity index (χ2v) is 7.37. The second-order valence-electron chi connectivity index (χ2n) is 6.51. The van der Waals surface area contributed by atoms with Crippen LogP contribution in [-0.4, -0.2) is 31.3 Å². The van der Waals surface area contributed by atoms with E-state index < -0.39 is 6.36 Å². The number of carbonyl (C=O) groups is 1. The van der Waals surface area contributed by atoms with Gasteiger partial charge in [-0.2, -0.15) is 0 Å². The molecule has 158 valence electrons. The summed E-state index contributed by atoms with van der Waals surface area (Å²) in [6.07, 6.45) is -4.62. The van der Waals surface area contributed by atoms with Crippen LogP contribution in [0.3, 0.4) is 0 Å². The van der Waals surface area contributed by atoms with Gasteiger partial charge in [-0.1, -0.05) is 0 Å². The molecule has 6 nitrogen and oxygen atoms in total. The summed E-state index contributed by atoms with van der Waals surface area (Å²) in [5, 5.41) is 8.08. The molecule has 3 rings (SSSR count). The zero-order valence-corrected chi connectivity index (χ0v) is 17.0. The number of anilines is 4. The van der Waals surface area contributed by atoms with E-state index in [0.29, 0.717) is 22.2 Å². The fourth-order valence-corrected chi connectivity index (χ4v) is 3.25. The zero-order chi connectivity index (χ0) is 21.7. The summed E-state index contributed by atoms with van der Waals surface area (Å²) in [6.45, 7) is 0. The molecule has 0 aliphatic carbocycles. The lowest BCUT2D eigenvalue weighted by Crippen LogP contribution is -2.16. The van der Waals surface area contributed by atoms with Crippen LogP contribution in [0.4, 0.5) is 35.4 Å². The number of hydrogen-bond donors (Lipinski definition) is 2. The first-order valence-corrected chi connectivity index (χ1v) is 9.70. The van der Waals surface area contributed by atoms with E-state index >= 15 is 0 Å². The smallest absolute Gasteiger partial charge is 0.406 e. The first-order chi connectivity index (χ1) is 14.2. The van der Waals surface area contributed by atoms with Gasteiger partial charge in [0.25, 0.3) is 0 Å². The van der Waals surface area contributed by atoms with Crippen molar-refractivity contribution in [2.45, 2.75) is 12.8 Å². The van der Waals surface area contributed by atoms with Crippen LogP contribution in [0, 0.1) is 0 Å². The predicted octanol–water partition coefficient (Wildman–Crippen LogP) is 5.03. The molecule has 1 amide bonds. The van der Waals surface area contributed by atoms with Crippen molar-refractivity contribution in [3.8, 4) is 5.75 Å². The lowest BCUT2D eigenvalue weighted by molar-refractivity contribution is -0.274. The standard InChI is InChI=1S/C20H19F3N4O2S/c1-27(2)16-7-3-13(4-8-16)24-18(28)11-15-12-30-19(26-15)25-14-5-9-17(10-6-14)29-20(21,22)23/h3-10,12H,11H2,1-2H3,(H,24,28)(H,25,26). The lowest BCUT2D eigenvalue weighted by atomic mass is 10.2. The normalized spacial score (nSPS) is 11.1. The van der Waals surface area contributed by atoms with Gasteiger partial charge in [-0.05, 0) is 48.5 Å². The van der Waals surface area contributed by atoms with Crippen molar-refractivity contribution in [2.75, 3.05) is 29.6 Å². The Balaban J connectivity index is 1.53. The van der Waals surface area contributed by atoms with Gasteiger partial charge >= 0.3 is 6.36 Å². The van der Waals surface area contributed by atoms with Crippen LogP contribution in [0.25, 0.3) is 0 Å². The molecule has 0 aliphatic heterocycles. The van der Waals surface area contributed by atoms with Crippen molar-refractivity contribution in [3.63, 3.8) is 0 Å². The molecule has 0 radical (unpaired) electrons. The van der Waals surface area contributed by atoms with E-state index in [4.69, 9.17) is 0 Å². The fourth-order valence-electron chi connectivity index (χ4n) is 2.52. The summed E-state index contributed by atoms with van der Waals surface area (Å²) in [7, 11) is 3.87. The third-order valence-corrected chi connectivity index (χ3v) is 4.71. The monoisotopic (exact) mass is 436 g/mol. The minimum atomic E-state index is -4.73. The van der Waals surface area contributed by atoms with Gasteiger partial charge in [0.05, 0.1) is 12.1 Å². The van der Waals surface area contributed by atoms with Crippen molar-refractivity contribution in [2.24, 2.45) is 0 Å². The fraction of sp³-hybridized carbons (Fsp3) is 0.200. The Morgan fingerprint density at radius 2 is 1.70 bits per heavy atom. The topological polar surface area (TPSA) is 66.5 Å². The number of benzene rings is 2. The number of thiazole rings is 1. The van der Waals surface area contributed by atoms with Crippen LogP contribution in [0.5, 0.6) is 5.75 Å². The number of alkyl halides is 3. The number of aromatic nitrogens is 1. The van der Waals surface area contributed by atoms with Crippen LogP contribution >= 0.6 is 11.3 Å². The number of nitrogens with zero attached hydrogens (tertiary/aromatic N) is 2. The highest BCUT2D eigenvalue weighted by molar-refractivity contribution is 7.13. The molecule has 10 heteroatoms. The number of halogens is 3. The SMILES string of the molecule is CN(C)c1ccc(NC(=O)Cc2csc(Nc3ccc(OC(F)(F)F)cc3)n2)cc1. The highest BCUT2D eigenvalue weighted by Gasteiger charge is 2.30. The first kappa shape index (κ1) is 21.4. The Hall–Kier alpha value is -3.27. The second kappa shape index (κ2) is 9.04. The van der Waals surface area contributed by atoms with E-state index in [1.807, 2.05) is 43.3 Å². The maximum absolute atomic E-state index is 12.2.